The molecule has 2 aromatic heterocycles. The van der Waals surface area contributed by atoms with E-state index in [9.17, 15) is 12.8 Å². The minimum absolute atomic E-state index is 0.116. The number of aryl methyl sites for hydroxylation is 1. The number of nitrogens with zero attached hydrogens (tertiary/aromatic N) is 2. The smallest absolute Gasteiger partial charge is 0.274 e. The number of hydrogen-bond donors (Lipinski definition) is 0. The molecule has 144 valence electrons. The van der Waals surface area contributed by atoms with E-state index in [4.69, 9.17) is 4.74 Å². The number of para-hydroxylation sites is 1. The van der Waals surface area contributed by atoms with Gasteiger partial charge in [-0.15, -0.1) is 11.3 Å². The molecule has 0 aliphatic carbocycles. The number of thiophene rings is 1. The van der Waals surface area contributed by atoms with Crippen LogP contribution in [0.1, 0.15) is 24.6 Å². The van der Waals surface area contributed by atoms with E-state index >= 15 is 0 Å². The second-order valence-corrected chi connectivity index (χ2v) is 10.7. The third kappa shape index (κ3) is 3.73. The number of ether oxygens (including phenoxy) is 1. The molecule has 4 rings (SSSR count). The van der Waals surface area contributed by atoms with Crippen LogP contribution in [0, 0.1) is 5.82 Å². The molecule has 0 amide bonds. The molecular weight excluding hydrogens is 407 g/mol. The van der Waals surface area contributed by atoms with E-state index < -0.39 is 10.0 Å². The van der Waals surface area contributed by atoms with Gasteiger partial charge < -0.3 is 4.74 Å². The summed E-state index contributed by atoms with van der Waals surface area (Å²) in [5, 5.41) is 0.433. The van der Waals surface area contributed by atoms with E-state index in [1.807, 2.05) is 19.1 Å². The van der Waals surface area contributed by atoms with Gasteiger partial charge in [-0.25, -0.2) is 12.8 Å². The Morgan fingerprint density at radius 2 is 2.00 bits per heavy atom. The van der Waals surface area contributed by atoms with Crippen molar-refractivity contribution in [2.75, 3.05) is 13.1 Å². The van der Waals surface area contributed by atoms with Crippen molar-refractivity contribution < 1.29 is 17.5 Å². The van der Waals surface area contributed by atoms with Gasteiger partial charge in [0.2, 0.25) is 0 Å². The van der Waals surface area contributed by atoms with Gasteiger partial charge in [0.15, 0.2) is 0 Å². The lowest BCUT2D eigenvalue weighted by molar-refractivity contribution is 0.135. The molecule has 1 aliphatic heterocycles. The van der Waals surface area contributed by atoms with Crippen molar-refractivity contribution in [1.82, 2.24) is 9.29 Å². The zero-order valence-corrected chi connectivity index (χ0v) is 17.2. The fraction of sp³-hybridized carbons (Fsp3) is 0.389. The summed E-state index contributed by atoms with van der Waals surface area (Å²) in [5.74, 6) is -0.359. The fourth-order valence-corrected chi connectivity index (χ4v) is 6.91. The van der Waals surface area contributed by atoms with E-state index in [1.165, 1.54) is 33.0 Å². The molecule has 0 unspecified atom stereocenters. The molecule has 1 saturated heterocycles. The van der Waals surface area contributed by atoms with Crippen LogP contribution < -0.4 is 4.74 Å². The maximum absolute atomic E-state index is 13.8. The van der Waals surface area contributed by atoms with Crippen LogP contribution in [0.15, 0.2) is 34.5 Å². The van der Waals surface area contributed by atoms with Crippen molar-refractivity contribution in [3.63, 3.8) is 0 Å². The normalized spacial score (nSPS) is 16.8. The highest BCUT2D eigenvalue weighted by atomic mass is 32.2. The van der Waals surface area contributed by atoms with Crippen LogP contribution in [0.5, 0.6) is 5.19 Å². The Hall–Kier alpha value is -1.55. The maximum atomic E-state index is 13.8. The van der Waals surface area contributed by atoms with Crippen molar-refractivity contribution in [2.24, 2.45) is 0 Å². The number of rotatable bonds is 5. The third-order valence-corrected chi connectivity index (χ3v) is 9.11. The Morgan fingerprint density at radius 3 is 2.67 bits per heavy atom. The topological polar surface area (TPSA) is 59.5 Å². The predicted octanol–water partition coefficient (Wildman–Crippen LogP) is 4.29. The van der Waals surface area contributed by atoms with Crippen LogP contribution in [0.4, 0.5) is 4.39 Å². The Labute approximate surface area is 165 Å². The summed E-state index contributed by atoms with van der Waals surface area (Å²) in [4.78, 5) is 5.29. The van der Waals surface area contributed by atoms with E-state index in [1.54, 1.807) is 12.1 Å². The number of piperidine rings is 1. The summed E-state index contributed by atoms with van der Waals surface area (Å²) in [5.41, 5.74) is 0.321. The molecular formula is C18H19FN2O3S3. The highest BCUT2D eigenvalue weighted by Gasteiger charge is 2.31. The molecule has 9 heteroatoms. The number of benzene rings is 1. The van der Waals surface area contributed by atoms with Crippen molar-refractivity contribution in [1.29, 1.82) is 0 Å². The SMILES string of the molecule is CCc1ccc(S(=O)(=O)N2CCC(Oc3nc4c(F)cccc4s3)CC2)s1. The van der Waals surface area contributed by atoms with Gasteiger partial charge in [-0.05, 0) is 43.5 Å². The van der Waals surface area contributed by atoms with Gasteiger partial charge in [0, 0.05) is 18.0 Å². The van der Waals surface area contributed by atoms with Gasteiger partial charge >= 0.3 is 0 Å². The number of aromatic nitrogens is 1. The van der Waals surface area contributed by atoms with E-state index in [0.717, 1.165) is 16.0 Å². The first kappa shape index (κ1) is 18.8. The average molecular weight is 427 g/mol. The minimum Gasteiger partial charge on any atom is -0.467 e. The minimum atomic E-state index is -3.44. The number of sulfonamides is 1. The molecule has 1 aromatic carbocycles. The summed E-state index contributed by atoms with van der Waals surface area (Å²) in [6.45, 7) is 2.83. The summed E-state index contributed by atoms with van der Waals surface area (Å²) < 4.78 is 47.9. The second-order valence-electron chi connectivity index (χ2n) is 6.36. The van der Waals surface area contributed by atoms with E-state index in [-0.39, 0.29) is 11.9 Å². The highest BCUT2D eigenvalue weighted by molar-refractivity contribution is 7.91. The zero-order chi connectivity index (χ0) is 19.0. The lowest BCUT2D eigenvalue weighted by atomic mass is 10.1. The molecule has 27 heavy (non-hydrogen) atoms. The molecule has 0 saturated carbocycles. The molecule has 0 atom stereocenters. The fourth-order valence-electron chi connectivity index (χ4n) is 3.09. The van der Waals surface area contributed by atoms with Gasteiger partial charge in [-0.3, -0.25) is 0 Å². The van der Waals surface area contributed by atoms with Gasteiger partial charge in [0.05, 0.1) is 4.70 Å². The molecule has 0 spiro atoms. The van der Waals surface area contributed by atoms with Gasteiger partial charge in [0.1, 0.15) is 21.6 Å². The first-order valence-electron chi connectivity index (χ1n) is 8.78. The van der Waals surface area contributed by atoms with Gasteiger partial charge in [0.25, 0.3) is 15.2 Å². The predicted molar refractivity (Wildman–Crippen MR) is 106 cm³/mol. The van der Waals surface area contributed by atoms with Crippen LogP contribution in [0.3, 0.4) is 0 Å². The maximum Gasteiger partial charge on any atom is 0.274 e. The number of hydrogen-bond acceptors (Lipinski definition) is 6. The van der Waals surface area contributed by atoms with Crippen LogP contribution in [-0.2, 0) is 16.4 Å². The van der Waals surface area contributed by atoms with E-state index in [0.29, 0.717) is 40.9 Å². The molecule has 0 N–H and O–H groups in total. The molecule has 5 nitrogen and oxygen atoms in total. The molecule has 0 radical (unpaired) electrons. The lowest BCUT2D eigenvalue weighted by Gasteiger charge is -2.30. The monoisotopic (exact) mass is 426 g/mol. The van der Waals surface area contributed by atoms with Crippen LogP contribution >= 0.6 is 22.7 Å². The molecule has 3 heterocycles. The average Bonchev–Trinajstić information content (AvgIpc) is 3.30. The van der Waals surface area contributed by atoms with Crippen molar-refractivity contribution in [3.05, 3.63) is 41.0 Å². The summed E-state index contributed by atoms with van der Waals surface area (Å²) >= 11 is 2.65. The summed E-state index contributed by atoms with van der Waals surface area (Å²) in [7, 11) is -3.44. The van der Waals surface area contributed by atoms with Crippen molar-refractivity contribution >= 4 is 42.9 Å². The number of fused-ring (bicyclic) bond motifs is 1. The number of halogens is 1. The van der Waals surface area contributed by atoms with Gasteiger partial charge in [-0.2, -0.15) is 9.29 Å². The molecule has 3 aromatic rings. The summed E-state index contributed by atoms with van der Waals surface area (Å²) in [6, 6.07) is 8.40. The molecule has 1 fully saturated rings. The van der Waals surface area contributed by atoms with Crippen molar-refractivity contribution in [2.45, 2.75) is 36.5 Å². The first-order chi connectivity index (χ1) is 13.0. The Balaban J connectivity index is 1.41. The third-order valence-electron chi connectivity index (χ3n) is 4.60. The van der Waals surface area contributed by atoms with E-state index in [2.05, 4.69) is 4.98 Å². The largest absolute Gasteiger partial charge is 0.467 e. The summed E-state index contributed by atoms with van der Waals surface area (Å²) in [6.07, 6.45) is 1.89. The van der Waals surface area contributed by atoms with Crippen LogP contribution in [-0.4, -0.2) is 36.9 Å². The van der Waals surface area contributed by atoms with Crippen LogP contribution in [0.25, 0.3) is 10.2 Å². The molecule has 0 bridgehead atoms. The first-order valence-corrected chi connectivity index (χ1v) is 11.8. The number of thiazole rings is 1. The Morgan fingerprint density at radius 1 is 1.22 bits per heavy atom. The lowest BCUT2D eigenvalue weighted by Crippen LogP contribution is -2.41. The Bertz CT molecular complexity index is 1050. The van der Waals surface area contributed by atoms with Crippen molar-refractivity contribution in [3.8, 4) is 5.19 Å². The molecule has 1 aliphatic rings. The Kier molecular flexibility index (Phi) is 5.19. The second kappa shape index (κ2) is 7.46. The highest BCUT2D eigenvalue weighted by Crippen LogP contribution is 2.32. The van der Waals surface area contributed by atoms with Gasteiger partial charge in [-0.1, -0.05) is 24.3 Å². The standard InChI is InChI=1S/C18H19FN2O3S3/c1-2-13-6-7-16(25-13)27(22,23)21-10-8-12(9-11-21)24-18-20-17-14(19)4-3-5-15(17)26-18/h3-7,12H,2,8-11H2,1H3. The zero-order valence-electron chi connectivity index (χ0n) is 14.7. The quantitative estimate of drug-likeness (QED) is 0.611. The van der Waals surface area contributed by atoms with Crippen LogP contribution in [0.2, 0.25) is 0 Å².